The number of nitrogens with zero attached hydrogens (tertiary/aromatic N) is 2. The zero-order valence-electron chi connectivity index (χ0n) is 12.0. The SMILES string of the molecule is O=C(/C=C/c1ccccc1[N+](=O)[O-])N1CCCCCCC1. The van der Waals surface area contributed by atoms with Crippen LogP contribution in [0.3, 0.4) is 0 Å². The topological polar surface area (TPSA) is 63.4 Å². The van der Waals surface area contributed by atoms with Gasteiger partial charge in [0.2, 0.25) is 5.91 Å². The van der Waals surface area contributed by atoms with Crippen molar-refractivity contribution >= 4 is 17.7 Å². The molecule has 1 saturated heterocycles. The second kappa shape index (κ2) is 7.57. The molecule has 0 aromatic heterocycles. The molecule has 0 bridgehead atoms. The molecule has 0 N–H and O–H groups in total. The van der Waals surface area contributed by atoms with Crippen molar-refractivity contribution in [3.05, 3.63) is 46.0 Å². The second-order valence-corrected chi connectivity index (χ2v) is 5.24. The summed E-state index contributed by atoms with van der Waals surface area (Å²) >= 11 is 0. The van der Waals surface area contributed by atoms with E-state index in [1.807, 2.05) is 4.90 Å². The summed E-state index contributed by atoms with van der Waals surface area (Å²) in [6.45, 7) is 1.56. The fourth-order valence-corrected chi connectivity index (χ4v) is 2.53. The van der Waals surface area contributed by atoms with E-state index in [1.54, 1.807) is 24.3 Å². The Morgan fingerprint density at radius 2 is 1.71 bits per heavy atom. The average molecular weight is 288 g/mol. The molecule has 5 heteroatoms. The minimum absolute atomic E-state index is 0.0224. The molecule has 0 unspecified atom stereocenters. The van der Waals surface area contributed by atoms with E-state index in [4.69, 9.17) is 0 Å². The molecule has 1 aromatic carbocycles. The molecule has 1 fully saturated rings. The first-order valence-electron chi connectivity index (χ1n) is 7.39. The van der Waals surface area contributed by atoms with E-state index in [-0.39, 0.29) is 11.6 Å². The van der Waals surface area contributed by atoms with Gasteiger partial charge in [0.15, 0.2) is 0 Å². The Balaban J connectivity index is 2.06. The Bertz CT molecular complexity index is 532. The number of likely N-dealkylation sites (tertiary alicyclic amines) is 1. The van der Waals surface area contributed by atoms with Crippen molar-refractivity contribution in [1.29, 1.82) is 0 Å². The summed E-state index contributed by atoms with van der Waals surface area (Å²) in [7, 11) is 0. The molecule has 112 valence electrons. The number of benzene rings is 1. The highest BCUT2D eigenvalue weighted by atomic mass is 16.6. The van der Waals surface area contributed by atoms with Crippen molar-refractivity contribution in [1.82, 2.24) is 4.90 Å². The Hall–Kier alpha value is -2.17. The van der Waals surface area contributed by atoms with Crippen LogP contribution in [-0.4, -0.2) is 28.8 Å². The Morgan fingerprint density at radius 3 is 2.38 bits per heavy atom. The lowest BCUT2D eigenvalue weighted by atomic mass is 10.1. The third-order valence-electron chi connectivity index (χ3n) is 3.71. The predicted molar refractivity (Wildman–Crippen MR) is 81.8 cm³/mol. The average Bonchev–Trinajstić information content (AvgIpc) is 2.44. The standard InChI is InChI=1S/C16H20N2O3/c19-16(17-12-6-2-1-3-7-13-17)11-10-14-8-4-5-9-15(14)18(20)21/h4-5,8-11H,1-3,6-7,12-13H2/b11-10+. The summed E-state index contributed by atoms with van der Waals surface area (Å²) in [5, 5.41) is 10.9. The molecular weight excluding hydrogens is 268 g/mol. The minimum atomic E-state index is -0.430. The van der Waals surface area contributed by atoms with Crippen LogP contribution in [0.1, 0.15) is 37.7 Å². The Kier molecular flexibility index (Phi) is 5.49. The lowest BCUT2D eigenvalue weighted by molar-refractivity contribution is -0.385. The van der Waals surface area contributed by atoms with Gasteiger partial charge in [-0.15, -0.1) is 0 Å². The number of carbonyl (C=O) groups is 1. The molecular formula is C16H20N2O3. The van der Waals surface area contributed by atoms with E-state index in [9.17, 15) is 14.9 Å². The highest BCUT2D eigenvalue weighted by molar-refractivity contribution is 5.92. The summed E-state index contributed by atoms with van der Waals surface area (Å²) in [6.07, 6.45) is 8.63. The van der Waals surface area contributed by atoms with Crippen molar-refractivity contribution in [2.45, 2.75) is 32.1 Å². The lowest BCUT2D eigenvalue weighted by Gasteiger charge is -2.23. The van der Waals surface area contributed by atoms with Crippen LogP contribution in [0.25, 0.3) is 6.08 Å². The number of hydrogen-bond donors (Lipinski definition) is 0. The van der Waals surface area contributed by atoms with Gasteiger partial charge in [-0.1, -0.05) is 31.4 Å². The number of carbonyl (C=O) groups excluding carboxylic acids is 1. The van der Waals surface area contributed by atoms with Crippen molar-refractivity contribution in [2.75, 3.05) is 13.1 Å². The number of amides is 1. The maximum absolute atomic E-state index is 12.2. The summed E-state index contributed by atoms with van der Waals surface area (Å²) in [6, 6.07) is 6.44. The molecule has 1 amide bonds. The molecule has 5 nitrogen and oxygen atoms in total. The maximum atomic E-state index is 12.2. The zero-order valence-corrected chi connectivity index (χ0v) is 12.0. The van der Waals surface area contributed by atoms with E-state index < -0.39 is 4.92 Å². The number of rotatable bonds is 3. The van der Waals surface area contributed by atoms with Crippen LogP contribution in [0, 0.1) is 10.1 Å². The van der Waals surface area contributed by atoms with E-state index >= 15 is 0 Å². The molecule has 0 saturated carbocycles. The monoisotopic (exact) mass is 288 g/mol. The molecule has 21 heavy (non-hydrogen) atoms. The van der Waals surface area contributed by atoms with Gasteiger partial charge in [-0.2, -0.15) is 0 Å². The Labute approximate surface area is 124 Å². The number of hydrogen-bond acceptors (Lipinski definition) is 3. The highest BCUT2D eigenvalue weighted by Gasteiger charge is 2.13. The number of para-hydroxylation sites is 1. The largest absolute Gasteiger partial charge is 0.339 e. The molecule has 1 aliphatic rings. The fourth-order valence-electron chi connectivity index (χ4n) is 2.53. The first kappa shape index (κ1) is 15.2. The van der Waals surface area contributed by atoms with Gasteiger partial charge in [-0.05, 0) is 25.0 Å². The van der Waals surface area contributed by atoms with Crippen molar-refractivity contribution in [3.63, 3.8) is 0 Å². The molecule has 0 atom stereocenters. The van der Waals surface area contributed by atoms with Crippen LogP contribution in [-0.2, 0) is 4.79 Å². The van der Waals surface area contributed by atoms with E-state index in [0.29, 0.717) is 5.56 Å². The predicted octanol–water partition coefficient (Wildman–Crippen LogP) is 3.40. The van der Waals surface area contributed by atoms with Gasteiger partial charge in [0.05, 0.1) is 10.5 Å². The van der Waals surface area contributed by atoms with E-state index in [2.05, 4.69) is 0 Å². The fraction of sp³-hybridized carbons (Fsp3) is 0.438. The first-order valence-corrected chi connectivity index (χ1v) is 7.39. The smallest absolute Gasteiger partial charge is 0.276 e. The molecule has 1 heterocycles. The molecule has 1 aliphatic heterocycles. The van der Waals surface area contributed by atoms with Gasteiger partial charge >= 0.3 is 0 Å². The lowest BCUT2D eigenvalue weighted by Crippen LogP contribution is -2.32. The number of nitro groups is 1. The maximum Gasteiger partial charge on any atom is 0.276 e. The van der Waals surface area contributed by atoms with Crippen molar-refractivity contribution < 1.29 is 9.72 Å². The molecule has 2 rings (SSSR count). The minimum Gasteiger partial charge on any atom is -0.339 e. The first-order chi connectivity index (χ1) is 10.2. The van der Waals surface area contributed by atoms with Crippen molar-refractivity contribution in [2.24, 2.45) is 0 Å². The summed E-state index contributed by atoms with van der Waals surface area (Å²) in [5.74, 6) is -0.0601. The summed E-state index contributed by atoms with van der Waals surface area (Å²) < 4.78 is 0. The van der Waals surface area contributed by atoms with E-state index in [1.165, 1.54) is 18.6 Å². The van der Waals surface area contributed by atoms with Gasteiger partial charge in [0.25, 0.3) is 5.69 Å². The van der Waals surface area contributed by atoms with Crippen LogP contribution in [0.4, 0.5) is 5.69 Å². The van der Waals surface area contributed by atoms with Crippen LogP contribution < -0.4 is 0 Å². The number of nitro benzene ring substituents is 1. The molecule has 0 radical (unpaired) electrons. The molecule has 1 aromatic rings. The van der Waals surface area contributed by atoms with Gasteiger partial charge in [0, 0.05) is 25.2 Å². The third kappa shape index (κ3) is 4.41. The van der Waals surface area contributed by atoms with Crippen molar-refractivity contribution in [3.8, 4) is 0 Å². The Morgan fingerprint density at radius 1 is 1.10 bits per heavy atom. The van der Waals surface area contributed by atoms with Gasteiger partial charge in [0.1, 0.15) is 0 Å². The van der Waals surface area contributed by atoms with Crippen LogP contribution >= 0.6 is 0 Å². The summed E-state index contributed by atoms with van der Waals surface area (Å²) in [5.41, 5.74) is 0.483. The summed E-state index contributed by atoms with van der Waals surface area (Å²) in [4.78, 5) is 24.5. The zero-order chi connectivity index (χ0) is 15.1. The van der Waals surface area contributed by atoms with Crippen LogP contribution in [0.15, 0.2) is 30.3 Å². The van der Waals surface area contributed by atoms with Gasteiger partial charge in [-0.3, -0.25) is 14.9 Å². The van der Waals surface area contributed by atoms with Crippen LogP contribution in [0.5, 0.6) is 0 Å². The molecule has 0 aliphatic carbocycles. The quantitative estimate of drug-likeness (QED) is 0.486. The van der Waals surface area contributed by atoms with E-state index in [0.717, 1.165) is 38.8 Å². The van der Waals surface area contributed by atoms with Gasteiger partial charge < -0.3 is 4.90 Å². The normalized spacial score (nSPS) is 16.5. The molecule has 0 spiro atoms. The second-order valence-electron chi connectivity index (χ2n) is 5.24. The highest BCUT2D eigenvalue weighted by Crippen LogP contribution is 2.19. The van der Waals surface area contributed by atoms with Crippen LogP contribution in [0.2, 0.25) is 0 Å². The third-order valence-corrected chi connectivity index (χ3v) is 3.71. The van der Waals surface area contributed by atoms with Gasteiger partial charge in [-0.25, -0.2) is 0 Å².